The minimum absolute atomic E-state index is 0.241. The van der Waals surface area contributed by atoms with E-state index in [1.165, 1.54) is 0 Å². The summed E-state index contributed by atoms with van der Waals surface area (Å²) in [7, 11) is -3.61. The molecule has 2 N–H and O–H groups in total. The number of amidine groups is 2. The summed E-state index contributed by atoms with van der Waals surface area (Å²) in [5.41, 5.74) is 1.99. The van der Waals surface area contributed by atoms with Crippen molar-refractivity contribution in [3.63, 3.8) is 0 Å². The van der Waals surface area contributed by atoms with Crippen LogP contribution in [-0.2, 0) is 23.3 Å². The molecule has 0 bridgehead atoms. The fourth-order valence-electron chi connectivity index (χ4n) is 2.10. The van der Waals surface area contributed by atoms with Crippen molar-refractivity contribution in [1.82, 2.24) is 9.44 Å². The number of benzene rings is 2. The molecule has 2 aromatic rings. The van der Waals surface area contributed by atoms with Crippen molar-refractivity contribution >= 4 is 21.9 Å². The highest BCUT2D eigenvalue weighted by Gasteiger charge is 2.28. The Morgan fingerprint density at radius 1 is 0.696 bits per heavy atom. The molecular formula is C16H16N4O2S. The predicted octanol–water partition coefficient (Wildman–Crippen LogP) is 1.62. The minimum Gasteiger partial charge on any atom is -0.260 e. The summed E-state index contributed by atoms with van der Waals surface area (Å²) >= 11 is 0. The first kappa shape index (κ1) is 15.2. The third-order valence-electron chi connectivity index (χ3n) is 3.21. The number of nitrogens with one attached hydrogen (secondary N) is 2. The second kappa shape index (κ2) is 6.62. The smallest absolute Gasteiger partial charge is 0.260 e. The molecule has 1 aliphatic heterocycles. The number of hydrogen-bond acceptors (Lipinski definition) is 4. The molecular weight excluding hydrogens is 312 g/mol. The summed E-state index contributed by atoms with van der Waals surface area (Å²) in [4.78, 5) is 8.63. The largest absolute Gasteiger partial charge is 0.324 e. The predicted molar refractivity (Wildman–Crippen MR) is 90.4 cm³/mol. The van der Waals surface area contributed by atoms with Gasteiger partial charge < -0.3 is 0 Å². The minimum atomic E-state index is -3.61. The van der Waals surface area contributed by atoms with Gasteiger partial charge in [-0.15, -0.1) is 0 Å². The molecule has 1 saturated heterocycles. The van der Waals surface area contributed by atoms with Crippen molar-refractivity contribution in [2.24, 2.45) is 9.98 Å². The Labute approximate surface area is 135 Å². The second-order valence-electron chi connectivity index (χ2n) is 5.01. The highest BCUT2D eigenvalue weighted by Crippen LogP contribution is 2.05. The average Bonchev–Trinajstić information content (AvgIpc) is 2.87. The van der Waals surface area contributed by atoms with Crippen molar-refractivity contribution in [1.29, 1.82) is 0 Å². The van der Waals surface area contributed by atoms with Crippen LogP contribution in [-0.4, -0.2) is 20.1 Å². The van der Waals surface area contributed by atoms with Crippen molar-refractivity contribution in [2.75, 3.05) is 0 Å². The van der Waals surface area contributed by atoms with Crippen LogP contribution < -0.4 is 9.44 Å². The van der Waals surface area contributed by atoms with Crippen molar-refractivity contribution in [3.05, 3.63) is 71.8 Å². The van der Waals surface area contributed by atoms with E-state index >= 15 is 0 Å². The molecule has 0 saturated carbocycles. The third-order valence-corrected chi connectivity index (χ3v) is 4.14. The first-order valence-corrected chi connectivity index (χ1v) is 8.58. The molecule has 6 nitrogen and oxygen atoms in total. The van der Waals surface area contributed by atoms with Gasteiger partial charge in [-0.2, -0.15) is 8.42 Å². The zero-order valence-electron chi connectivity index (χ0n) is 12.3. The number of aliphatic imine (C=N–C) groups is 2. The van der Waals surface area contributed by atoms with Crippen LogP contribution in [0.15, 0.2) is 70.6 Å². The Hall–Kier alpha value is -2.67. The number of hydrogen-bond donors (Lipinski definition) is 2. The van der Waals surface area contributed by atoms with E-state index in [-0.39, 0.29) is 11.7 Å². The van der Waals surface area contributed by atoms with Gasteiger partial charge >= 0.3 is 10.2 Å². The molecule has 7 heteroatoms. The molecule has 0 spiro atoms. The summed E-state index contributed by atoms with van der Waals surface area (Å²) in [5.74, 6) is 0.481. The Morgan fingerprint density at radius 2 is 1.09 bits per heavy atom. The Kier molecular flexibility index (Phi) is 4.38. The SMILES string of the molecule is O=S1(=O)NC(=NCc2ccccc2)C(=NCc2ccccc2)N1. The molecule has 118 valence electrons. The van der Waals surface area contributed by atoms with Gasteiger partial charge in [-0.05, 0) is 11.1 Å². The van der Waals surface area contributed by atoms with Crippen LogP contribution in [0.1, 0.15) is 11.1 Å². The van der Waals surface area contributed by atoms with Gasteiger partial charge in [0.1, 0.15) is 0 Å². The van der Waals surface area contributed by atoms with Crippen LogP contribution in [0.2, 0.25) is 0 Å². The van der Waals surface area contributed by atoms with Gasteiger partial charge in [0.25, 0.3) is 0 Å². The maximum atomic E-state index is 11.7. The van der Waals surface area contributed by atoms with Crippen molar-refractivity contribution in [2.45, 2.75) is 13.1 Å². The van der Waals surface area contributed by atoms with Crippen molar-refractivity contribution < 1.29 is 8.42 Å². The van der Waals surface area contributed by atoms with Crippen LogP contribution in [0.25, 0.3) is 0 Å². The Balaban J connectivity index is 1.79. The molecule has 1 aliphatic rings. The molecule has 2 aromatic carbocycles. The summed E-state index contributed by atoms with van der Waals surface area (Å²) in [6, 6.07) is 19.2. The molecule has 0 amide bonds. The van der Waals surface area contributed by atoms with E-state index in [1.807, 2.05) is 60.7 Å². The van der Waals surface area contributed by atoms with Crippen LogP contribution in [0.4, 0.5) is 0 Å². The molecule has 0 atom stereocenters. The van der Waals surface area contributed by atoms with Crippen molar-refractivity contribution in [3.8, 4) is 0 Å². The molecule has 1 fully saturated rings. The summed E-state index contributed by atoms with van der Waals surface area (Å²) in [6.07, 6.45) is 0. The highest BCUT2D eigenvalue weighted by atomic mass is 32.2. The lowest BCUT2D eigenvalue weighted by Crippen LogP contribution is -2.24. The van der Waals surface area contributed by atoms with Gasteiger partial charge in [-0.3, -0.25) is 9.98 Å². The molecule has 0 unspecified atom stereocenters. The van der Waals surface area contributed by atoms with E-state index in [2.05, 4.69) is 19.4 Å². The first-order valence-electron chi connectivity index (χ1n) is 7.10. The van der Waals surface area contributed by atoms with Gasteiger partial charge in [-0.25, -0.2) is 9.44 Å². The standard InChI is InChI=1S/C16H16N4O2S/c21-23(22)19-15(17-11-13-7-3-1-4-8-13)16(20-23)18-12-14-9-5-2-6-10-14/h1-10H,11-12H2,(H,17,19)(H,18,20). The van der Waals surface area contributed by atoms with Gasteiger partial charge in [0.15, 0.2) is 11.7 Å². The van der Waals surface area contributed by atoms with Crippen LogP contribution in [0.5, 0.6) is 0 Å². The lowest BCUT2D eigenvalue weighted by Gasteiger charge is -2.00. The molecule has 0 aliphatic carbocycles. The zero-order valence-corrected chi connectivity index (χ0v) is 13.1. The van der Waals surface area contributed by atoms with Crippen LogP contribution in [0, 0.1) is 0 Å². The van der Waals surface area contributed by atoms with Crippen LogP contribution in [0.3, 0.4) is 0 Å². The average molecular weight is 328 g/mol. The molecule has 0 aromatic heterocycles. The van der Waals surface area contributed by atoms with Gasteiger partial charge in [-0.1, -0.05) is 60.7 Å². The van der Waals surface area contributed by atoms with Gasteiger partial charge in [0.2, 0.25) is 0 Å². The molecule has 23 heavy (non-hydrogen) atoms. The Morgan fingerprint density at radius 3 is 1.48 bits per heavy atom. The first-order chi connectivity index (χ1) is 11.1. The lowest BCUT2D eigenvalue weighted by atomic mass is 10.2. The fraction of sp³-hybridized carbons (Fsp3) is 0.125. The molecule has 0 radical (unpaired) electrons. The van der Waals surface area contributed by atoms with E-state index < -0.39 is 10.2 Å². The van der Waals surface area contributed by atoms with E-state index in [9.17, 15) is 8.42 Å². The summed E-state index contributed by atoms with van der Waals surface area (Å²) in [6.45, 7) is 0.759. The number of nitrogens with zero attached hydrogens (tertiary/aromatic N) is 2. The summed E-state index contributed by atoms with van der Waals surface area (Å²) < 4.78 is 28.1. The third kappa shape index (κ3) is 4.17. The van der Waals surface area contributed by atoms with E-state index in [1.54, 1.807) is 0 Å². The van der Waals surface area contributed by atoms with E-state index in [4.69, 9.17) is 0 Å². The van der Waals surface area contributed by atoms with Crippen LogP contribution >= 0.6 is 0 Å². The zero-order chi connectivity index (χ0) is 16.1. The quantitative estimate of drug-likeness (QED) is 0.894. The van der Waals surface area contributed by atoms with Gasteiger partial charge in [0.05, 0.1) is 13.1 Å². The normalized spacial score (nSPS) is 19.5. The summed E-state index contributed by atoms with van der Waals surface area (Å²) in [5, 5.41) is 0. The maximum Gasteiger partial charge on any atom is 0.324 e. The monoisotopic (exact) mass is 328 g/mol. The highest BCUT2D eigenvalue weighted by molar-refractivity contribution is 7.89. The lowest BCUT2D eigenvalue weighted by molar-refractivity contribution is 0.591. The molecule has 3 rings (SSSR count). The van der Waals surface area contributed by atoms with Gasteiger partial charge in [0, 0.05) is 0 Å². The topological polar surface area (TPSA) is 82.9 Å². The second-order valence-corrected chi connectivity index (χ2v) is 6.42. The van der Waals surface area contributed by atoms with E-state index in [0.29, 0.717) is 13.1 Å². The number of rotatable bonds is 4. The molecule has 1 heterocycles. The Bertz CT molecular complexity index is 765. The maximum absolute atomic E-state index is 11.7. The van der Waals surface area contributed by atoms with E-state index in [0.717, 1.165) is 11.1 Å². The fourth-order valence-corrected chi connectivity index (χ4v) is 2.98.